The number of nitro groups is 1. The highest BCUT2D eigenvalue weighted by Crippen LogP contribution is 2.36. The lowest BCUT2D eigenvalue weighted by Crippen LogP contribution is -2.36. The summed E-state index contributed by atoms with van der Waals surface area (Å²) in [5.74, 6) is 0. The first kappa shape index (κ1) is 28.8. The van der Waals surface area contributed by atoms with Crippen molar-refractivity contribution in [2.24, 2.45) is 10.2 Å². The summed E-state index contributed by atoms with van der Waals surface area (Å²) in [6.07, 6.45) is 11.9. The molecule has 222 valence electrons. The molecule has 2 aromatic rings. The molecule has 0 unspecified atom stereocenters. The van der Waals surface area contributed by atoms with Crippen molar-refractivity contribution in [1.29, 1.82) is 0 Å². The molecule has 2 saturated heterocycles. The number of hydrogen-bond donors (Lipinski definition) is 0. The molecule has 2 aliphatic carbocycles. The van der Waals surface area contributed by atoms with Crippen molar-refractivity contribution in [3.05, 3.63) is 110 Å². The minimum Gasteiger partial charge on any atom is -0.378 e. The topological polar surface area (TPSA) is 92.8 Å². The summed E-state index contributed by atoms with van der Waals surface area (Å²) in [7, 11) is 0. The summed E-state index contributed by atoms with van der Waals surface area (Å²) in [4.78, 5) is 15.5. The zero-order chi connectivity index (χ0) is 29.4. The number of benzene rings is 2. The van der Waals surface area contributed by atoms with Crippen LogP contribution in [0.3, 0.4) is 0 Å². The van der Waals surface area contributed by atoms with Crippen molar-refractivity contribution in [2.45, 2.75) is 25.7 Å². The number of morpholine rings is 2. The van der Waals surface area contributed by atoms with Crippen LogP contribution < -0.4 is 0 Å². The van der Waals surface area contributed by atoms with E-state index in [1.807, 2.05) is 18.5 Å². The fraction of sp³-hybridized carbons (Fsp3) is 0.353. The molecule has 6 rings (SSSR count). The van der Waals surface area contributed by atoms with E-state index in [2.05, 4.69) is 56.4 Å². The van der Waals surface area contributed by atoms with Crippen LogP contribution in [0.4, 0.5) is 5.69 Å². The Kier molecular flexibility index (Phi) is 9.20. The Bertz CT molecular complexity index is 1490. The Balaban J connectivity index is 1.26. The van der Waals surface area contributed by atoms with E-state index >= 15 is 0 Å². The molecule has 0 atom stereocenters. The van der Waals surface area contributed by atoms with Gasteiger partial charge in [-0.25, -0.2) is 0 Å². The zero-order valence-electron chi connectivity index (χ0n) is 24.4. The lowest BCUT2D eigenvalue weighted by atomic mass is 10.1. The lowest BCUT2D eigenvalue weighted by Gasteiger charge is -2.31. The molecule has 0 spiro atoms. The minimum absolute atomic E-state index is 0.0973. The van der Waals surface area contributed by atoms with Crippen LogP contribution in [0.2, 0.25) is 0 Å². The van der Waals surface area contributed by atoms with Crippen molar-refractivity contribution in [3.63, 3.8) is 0 Å². The Morgan fingerprint density at radius 1 is 0.651 bits per heavy atom. The van der Waals surface area contributed by atoms with Gasteiger partial charge in [0.1, 0.15) is 0 Å². The predicted octanol–water partition coefficient (Wildman–Crippen LogP) is 5.88. The molecule has 9 nitrogen and oxygen atoms in total. The molecule has 0 aromatic heterocycles. The molecule has 2 heterocycles. The number of allylic oxidation sites excluding steroid dienone is 4. The SMILES string of the molecule is O=[N+]([O-])c1ccc(/C=C2\CCC(/C=N\N=C/C3=C(N4CCOCC4)C(=C/c4ccccc4)/CC3)=C2N2CCOCC2)cc1. The molecule has 0 bridgehead atoms. The van der Waals surface area contributed by atoms with E-state index in [0.717, 1.165) is 76.2 Å². The standard InChI is InChI=1S/C34H37N5O4/c40-39(41)32-12-6-27(7-13-32)23-29-9-11-31(34(29)38-16-20-43-21-17-38)25-36-35-24-30-10-8-28(22-26-4-2-1-3-5-26)33(30)37-14-18-42-19-15-37/h1-7,12-13,22-25H,8-11,14-21H2/b28-22+,29-23+,35-24-,36-25-. The Morgan fingerprint density at radius 3 is 1.58 bits per heavy atom. The Morgan fingerprint density at radius 2 is 1.12 bits per heavy atom. The number of nitrogens with zero attached hydrogens (tertiary/aromatic N) is 5. The predicted molar refractivity (Wildman–Crippen MR) is 170 cm³/mol. The molecule has 2 fully saturated rings. The first-order chi connectivity index (χ1) is 21.2. The minimum atomic E-state index is -0.369. The molecular weight excluding hydrogens is 542 g/mol. The van der Waals surface area contributed by atoms with Crippen LogP contribution in [0.1, 0.15) is 36.8 Å². The van der Waals surface area contributed by atoms with E-state index in [-0.39, 0.29) is 10.6 Å². The smallest absolute Gasteiger partial charge is 0.269 e. The monoisotopic (exact) mass is 579 g/mol. The second kappa shape index (κ2) is 13.8. The highest BCUT2D eigenvalue weighted by atomic mass is 16.6. The van der Waals surface area contributed by atoms with Gasteiger partial charge in [0.15, 0.2) is 0 Å². The average Bonchev–Trinajstić information content (AvgIpc) is 3.64. The van der Waals surface area contributed by atoms with Gasteiger partial charge in [-0.15, -0.1) is 0 Å². The van der Waals surface area contributed by atoms with Gasteiger partial charge in [0.25, 0.3) is 5.69 Å². The van der Waals surface area contributed by atoms with E-state index in [1.165, 1.54) is 33.7 Å². The Labute approximate surface area is 252 Å². The summed E-state index contributed by atoms with van der Waals surface area (Å²) >= 11 is 0. The Hall–Kier alpha value is -4.34. The normalized spacial score (nSPS) is 21.9. The maximum Gasteiger partial charge on any atom is 0.269 e. The first-order valence-electron chi connectivity index (χ1n) is 15.1. The van der Waals surface area contributed by atoms with Gasteiger partial charge in [-0.3, -0.25) is 10.1 Å². The molecule has 9 heteroatoms. The average molecular weight is 580 g/mol. The molecule has 2 aromatic carbocycles. The molecular formula is C34H37N5O4. The molecule has 43 heavy (non-hydrogen) atoms. The summed E-state index contributed by atoms with van der Waals surface area (Å²) in [5.41, 5.74) is 9.64. The fourth-order valence-corrected chi connectivity index (χ4v) is 6.19. The van der Waals surface area contributed by atoms with Crippen molar-refractivity contribution in [3.8, 4) is 0 Å². The number of ether oxygens (including phenoxy) is 2. The van der Waals surface area contributed by atoms with Crippen LogP contribution in [0.15, 0.2) is 98.5 Å². The van der Waals surface area contributed by atoms with E-state index in [4.69, 9.17) is 9.47 Å². The summed E-state index contributed by atoms with van der Waals surface area (Å²) in [6.45, 7) is 6.24. The third-order valence-electron chi connectivity index (χ3n) is 8.28. The first-order valence-corrected chi connectivity index (χ1v) is 15.1. The van der Waals surface area contributed by atoms with Gasteiger partial charge in [-0.1, -0.05) is 30.3 Å². The largest absolute Gasteiger partial charge is 0.378 e. The van der Waals surface area contributed by atoms with Gasteiger partial charge in [0.2, 0.25) is 0 Å². The third-order valence-corrected chi connectivity index (χ3v) is 8.28. The van der Waals surface area contributed by atoms with E-state index in [9.17, 15) is 10.1 Å². The molecule has 0 N–H and O–H groups in total. The van der Waals surface area contributed by atoms with Crippen LogP contribution in [0, 0.1) is 10.1 Å². The molecule has 2 aliphatic heterocycles. The highest BCUT2D eigenvalue weighted by molar-refractivity contribution is 5.86. The third kappa shape index (κ3) is 7.01. The van der Waals surface area contributed by atoms with Crippen LogP contribution in [-0.4, -0.2) is 79.8 Å². The van der Waals surface area contributed by atoms with Gasteiger partial charge in [-0.05, 0) is 83.4 Å². The fourth-order valence-electron chi connectivity index (χ4n) is 6.19. The zero-order valence-corrected chi connectivity index (χ0v) is 24.4. The van der Waals surface area contributed by atoms with Crippen LogP contribution >= 0.6 is 0 Å². The summed E-state index contributed by atoms with van der Waals surface area (Å²) in [6, 6.07) is 17.2. The molecule has 0 radical (unpaired) electrons. The second-order valence-electron chi connectivity index (χ2n) is 11.0. The molecule has 4 aliphatic rings. The number of nitro benzene ring substituents is 1. The van der Waals surface area contributed by atoms with Crippen molar-refractivity contribution in [2.75, 3.05) is 52.6 Å². The van der Waals surface area contributed by atoms with Gasteiger partial charge < -0.3 is 19.3 Å². The summed E-state index contributed by atoms with van der Waals surface area (Å²) in [5, 5.41) is 20.2. The number of non-ortho nitro benzene ring substituents is 1. The van der Waals surface area contributed by atoms with E-state index < -0.39 is 0 Å². The summed E-state index contributed by atoms with van der Waals surface area (Å²) < 4.78 is 11.3. The van der Waals surface area contributed by atoms with Crippen molar-refractivity contribution in [1.82, 2.24) is 9.80 Å². The highest BCUT2D eigenvalue weighted by Gasteiger charge is 2.27. The number of rotatable bonds is 8. The van der Waals surface area contributed by atoms with Crippen molar-refractivity contribution >= 4 is 30.3 Å². The van der Waals surface area contributed by atoms with Crippen LogP contribution in [0.5, 0.6) is 0 Å². The lowest BCUT2D eigenvalue weighted by molar-refractivity contribution is -0.384. The van der Waals surface area contributed by atoms with Crippen LogP contribution in [-0.2, 0) is 9.47 Å². The second-order valence-corrected chi connectivity index (χ2v) is 11.0. The van der Waals surface area contributed by atoms with Gasteiger partial charge in [-0.2, -0.15) is 10.2 Å². The van der Waals surface area contributed by atoms with E-state index in [1.54, 1.807) is 24.3 Å². The molecule has 0 amide bonds. The van der Waals surface area contributed by atoms with Gasteiger partial charge in [0, 0.05) is 49.7 Å². The maximum absolute atomic E-state index is 11.1. The van der Waals surface area contributed by atoms with Gasteiger partial charge >= 0.3 is 0 Å². The quantitative estimate of drug-likeness (QED) is 0.220. The van der Waals surface area contributed by atoms with Gasteiger partial charge in [0.05, 0.1) is 43.8 Å². The van der Waals surface area contributed by atoms with Crippen LogP contribution in [0.25, 0.3) is 12.2 Å². The number of hydrogen-bond acceptors (Lipinski definition) is 8. The van der Waals surface area contributed by atoms with Crippen molar-refractivity contribution < 1.29 is 14.4 Å². The molecule has 0 saturated carbocycles. The maximum atomic E-state index is 11.1. The van der Waals surface area contributed by atoms with E-state index in [0.29, 0.717) is 13.2 Å².